The number of para-hydroxylation sites is 1. The van der Waals surface area contributed by atoms with Crippen LogP contribution in [0.2, 0.25) is 0 Å². The van der Waals surface area contributed by atoms with Crippen molar-refractivity contribution in [2.75, 3.05) is 13.1 Å². The molecule has 5 heteroatoms. The Morgan fingerprint density at radius 3 is 2.90 bits per heavy atom. The summed E-state index contributed by atoms with van der Waals surface area (Å²) in [5, 5.41) is 9.75. The third-order valence-electron chi connectivity index (χ3n) is 4.10. The lowest BCUT2D eigenvalue weighted by atomic mass is 10.0. The van der Waals surface area contributed by atoms with Crippen molar-refractivity contribution >= 4 is 22.8 Å². The molecule has 1 amide bonds. The number of hydrogen-bond acceptors (Lipinski definition) is 2. The maximum atomic E-state index is 12.5. The zero-order chi connectivity index (χ0) is 14.8. The zero-order valence-corrected chi connectivity index (χ0v) is 11.7. The predicted molar refractivity (Wildman–Crippen MR) is 79.2 cm³/mol. The summed E-state index contributed by atoms with van der Waals surface area (Å²) in [7, 11) is 0. The number of nitrogens with one attached hydrogen (secondary N) is 1. The molecule has 0 saturated carbocycles. The van der Waals surface area contributed by atoms with Gasteiger partial charge in [0.05, 0.1) is 0 Å². The summed E-state index contributed by atoms with van der Waals surface area (Å²) in [5.41, 5.74) is 1.57. The van der Waals surface area contributed by atoms with Gasteiger partial charge in [0.15, 0.2) is 0 Å². The van der Waals surface area contributed by atoms with E-state index in [0.29, 0.717) is 31.1 Å². The van der Waals surface area contributed by atoms with Gasteiger partial charge in [-0.15, -0.1) is 0 Å². The molecular formula is C16H18N2O3. The molecular weight excluding hydrogens is 268 g/mol. The molecule has 0 aliphatic carbocycles. The van der Waals surface area contributed by atoms with Gasteiger partial charge in [-0.05, 0) is 30.9 Å². The number of aromatic amines is 1. The minimum absolute atomic E-state index is 0.00373. The van der Waals surface area contributed by atoms with E-state index in [1.165, 1.54) is 0 Å². The molecule has 110 valence electrons. The molecule has 5 nitrogen and oxygen atoms in total. The number of nitrogens with zero attached hydrogens (tertiary/aromatic N) is 1. The van der Waals surface area contributed by atoms with E-state index in [9.17, 15) is 9.59 Å². The summed E-state index contributed by atoms with van der Waals surface area (Å²) in [5.74, 6) is -0.464. The van der Waals surface area contributed by atoms with Crippen molar-refractivity contribution in [2.24, 2.45) is 5.92 Å². The van der Waals surface area contributed by atoms with Gasteiger partial charge in [0, 0.05) is 30.4 Å². The van der Waals surface area contributed by atoms with E-state index < -0.39 is 5.97 Å². The first-order valence-electron chi connectivity index (χ1n) is 7.22. The number of carbonyl (C=O) groups is 2. The number of carboxylic acid groups (broad SMARTS) is 1. The van der Waals surface area contributed by atoms with Gasteiger partial charge < -0.3 is 15.0 Å². The Labute approximate surface area is 122 Å². The molecule has 1 unspecified atom stereocenters. The third-order valence-corrected chi connectivity index (χ3v) is 4.10. The summed E-state index contributed by atoms with van der Waals surface area (Å²) >= 11 is 0. The van der Waals surface area contributed by atoms with Crippen molar-refractivity contribution in [3.8, 4) is 0 Å². The average molecular weight is 286 g/mol. The van der Waals surface area contributed by atoms with Gasteiger partial charge in [0.25, 0.3) is 5.91 Å². The Kier molecular flexibility index (Phi) is 3.64. The fraction of sp³-hybridized carbons (Fsp3) is 0.375. The molecule has 3 rings (SSSR count). The summed E-state index contributed by atoms with van der Waals surface area (Å²) in [6.07, 6.45) is 1.71. The van der Waals surface area contributed by atoms with Crippen molar-refractivity contribution in [3.63, 3.8) is 0 Å². The monoisotopic (exact) mass is 286 g/mol. The van der Waals surface area contributed by atoms with Crippen LogP contribution in [0.3, 0.4) is 0 Å². The number of aliphatic carboxylic acids is 1. The van der Waals surface area contributed by atoms with Crippen molar-refractivity contribution in [2.45, 2.75) is 19.3 Å². The Balaban J connectivity index is 1.67. The second-order valence-electron chi connectivity index (χ2n) is 5.61. The second-order valence-corrected chi connectivity index (χ2v) is 5.61. The first-order chi connectivity index (χ1) is 10.1. The third kappa shape index (κ3) is 2.91. The number of hydrogen-bond donors (Lipinski definition) is 2. The van der Waals surface area contributed by atoms with Gasteiger partial charge in [-0.1, -0.05) is 18.2 Å². The van der Waals surface area contributed by atoms with E-state index in [-0.39, 0.29) is 12.3 Å². The van der Waals surface area contributed by atoms with E-state index >= 15 is 0 Å². The molecule has 0 radical (unpaired) electrons. The van der Waals surface area contributed by atoms with E-state index in [1.54, 1.807) is 0 Å². The fourth-order valence-electron chi connectivity index (χ4n) is 2.94. The largest absolute Gasteiger partial charge is 0.481 e. The molecule has 2 N–H and O–H groups in total. The molecule has 21 heavy (non-hydrogen) atoms. The summed E-state index contributed by atoms with van der Waals surface area (Å²) in [4.78, 5) is 28.1. The van der Waals surface area contributed by atoms with Gasteiger partial charge in [0.2, 0.25) is 0 Å². The number of carboxylic acids is 1. The number of aromatic nitrogens is 1. The maximum Gasteiger partial charge on any atom is 0.303 e. The first-order valence-corrected chi connectivity index (χ1v) is 7.22. The normalized spacial score (nSPS) is 18.3. The molecule has 1 aromatic heterocycles. The number of carbonyl (C=O) groups excluding carboxylic acids is 1. The van der Waals surface area contributed by atoms with Gasteiger partial charge in [-0.25, -0.2) is 0 Å². The zero-order valence-electron chi connectivity index (χ0n) is 11.7. The Hall–Kier alpha value is -2.30. The Morgan fingerprint density at radius 1 is 1.33 bits per heavy atom. The van der Waals surface area contributed by atoms with Gasteiger partial charge >= 0.3 is 5.97 Å². The van der Waals surface area contributed by atoms with Crippen LogP contribution in [0.1, 0.15) is 29.8 Å². The molecule has 0 spiro atoms. The number of fused-ring (bicyclic) bond motifs is 1. The highest BCUT2D eigenvalue weighted by Gasteiger charge is 2.27. The number of benzene rings is 1. The van der Waals surface area contributed by atoms with E-state index in [0.717, 1.165) is 17.3 Å². The lowest BCUT2D eigenvalue weighted by molar-refractivity contribution is -0.137. The number of rotatable bonds is 4. The molecule has 0 bridgehead atoms. The van der Waals surface area contributed by atoms with Crippen molar-refractivity contribution < 1.29 is 14.7 Å². The molecule has 2 heterocycles. The van der Waals surface area contributed by atoms with Crippen LogP contribution in [0, 0.1) is 5.92 Å². The minimum atomic E-state index is -0.768. The Bertz CT molecular complexity index is 644. The van der Waals surface area contributed by atoms with E-state index in [2.05, 4.69) is 4.98 Å². The molecule has 1 aromatic carbocycles. The molecule has 1 aliphatic rings. The first kappa shape index (κ1) is 13.7. The van der Waals surface area contributed by atoms with Crippen molar-refractivity contribution in [1.29, 1.82) is 0 Å². The second kappa shape index (κ2) is 5.60. The smallest absolute Gasteiger partial charge is 0.303 e. The predicted octanol–water partition coefficient (Wildman–Crippen LogP) is 2.49. The van der Waals surface area contributed by atoms with Crippen LogP contribution in [-0.4, -0.2) is 40.0 Å². The quantitative estimate of drug-likeness (QED) is 0.907. The lowest BCUT2D eigenvalue weighted by Gasteiger charge is -2.15. The summed E-state index contributed by atoms with van der Waals surface area (Å²) in [6, 6.07) is 9.68. The lowest BCUT2D eigenvalue weighted by Crippen LogP contribution is -2.29. The van der Waals surface area contributed by atoms with E-state index in [1.807, 2.05) is 35.2 Å². The molecule has 1 saturated heterocycles. The van der Waals surface area contributed by atoms with Crippen LogP contribution in [0.4, 0.5) is 0 Å². The van der Waals surface area contributed by atoms with Gasteiger partial charge in [-0.2, -0.15) is 0 Å². The number of H-pyrrole nitrogens is 1. The summed E-state index contributed by atoms with van der Waals surface area (Å²) < 4.78 is 0. The Morgan fingerprint density at radius 2 is 2.14 bits per heavy atom. The van der Waals surface area contributed by atoms with Gasteiger partial charge in [-0.3, -0.25) is 9.59 Å². The van der Waals surface area contributed by atoms with Crippen LogP contribution >= 0.6 is 0 Å². The minimum Gasteiger partial charge on any atom is -0.481 e. The van der Waals surface area contributed by atoms with Crippen molar-refractivity contribution in [3.05, 3.63) is 36.0 Å². The number of amides is 1. The van der Waals surface area contributed by atoms with E-state index in [4.69, 9.17) is 5.11 Å². The fourth-order valence-corrected chi connectivity index (χ4v) is 2.94. The maximum absolute atomic E-state index is 12.5. The highest BCUT2D eigenvalue weighted by Crippen LogP contribution is 2.23. The van der Waals surface area contributed by atoms with Crippen LogP contribution in [0.25, 0.3) is 10.9 Å². The molecule has 2 aromatic rings. The van der Waals surface area contributed by atoms with Crippen molar-refractivity contribution in [1.82, 2.24) is 9.88 Å². The highest BCUT2D eigenvalue weighted by molar-refractivity contribution is 5.98. The summed E-state index contributed by atoms with van der Waals surface area (Å²) in [6.45, 7) is 1.36. The van der Waals surface area contributed by atoms with Crippen LogP contribution < -0.4 is 0 Å². The van der Waals surface area contributed by atoms with Crippen LogP contribution in [0.5, 0.6) is 0 Å². The molecule has 1 fully saturated rings. The van der Waals surface area contributed by atoms with Crippen LogP contribution in [0.15, 0.2) is 30.3 Å². The SMILES string of the molecule is O=C(O)CCC1CCN(C(=O)c2cc3ccccc3[nH]2)C1. The van der Waals surface area contributed by atoms with Crippen LogP contribution in [-0.2, 0) is 4.79 Å². The average Bonchev–Trinajstić information content (AvgIpc) is 3.11. The standard InChI is InChI=1S/C16H18N2O3/c19-15(20)6-5-11-7-8-18(10-11)16(21)14-9-12-3-1-2-4-13(12)17-14/h1-4,9,11,17H,5-8,10H2,(H,19,20). The molecule has 1 aliphatic heterocycles. The van der Waals surface area contributed by atoms with Gasteiger partial charge in [0.1, 0.15) is 5.69 Å². The number of likely N-dealkylation sites (tertiary alicyclic amines) is 1. The topological polar surface area (TPSA) is 73.4 Å². The molecule has 1 atom stereocenters. The highest BCUT2D eigenvalue weighted by atomic mass is 16.4.